The minimum absolute atomic E-state index is 0.209. The summed E-state index contributed by atoms with van der Waals surface area (Å²) >= 11 is 0. The highest BCUT2D eigenvalue weighted by Crippen LogP contribution is 2.27. The number of para-hydroxylation sites is 2. The third-order valence-electron chi connectivity index (χ3n) is 5.57. The molecule has 0 saturated carbocycles. The van der Waals surface area contributed by atoms with Crippen LogP contribution in [0.25, 0.3) is 28.1 Å². The molecule has 0 amide bonds. The molecule has 0 bridgehead atoms. The van der Waals surface area contributed by atoms with Gasteiger partial charge in [0.25, 0.3) is 0 Å². The highest BCUT2D eigenvalue weighted by molar-refractivity contribution is 5.81. The van der Waals surface area contributed by atoms with E-state index in [4.69, 9.17) is 4.98 Å². The number of likely N-dealkylation sites (tertiary alicyclic amines) is 1. The van der Waals surface area contributed by atoms with Gasteiger partial charge in [-0.3, -0.25) is 4.40 Å². The van der Waals surface area contributed by atoms with Crippen LogP contribution in [-0.2, 0) is 6.54 Å². The number of rotatable bonds is 4. The number of nitrogens with zero attached hydrogens (tertiary/aromatic N) is 4. The topological polar surface area (TPSA) is 25.5 Å². The van der Waals surface area contributed by atoms with Crippen LogP contribution in [0.3, 0.4) is 0 Å². The van der Waals surface area contributed by atoms with Gasteiger partial charge in [0, 0.05) is 24.8 Å². The van der Waals surface area contributed by atoms with Crippen LogP contribution in [0.4, 0.5) is 4.39 Å². The molecule has 2 aromatic heterocycles. The normalized spacial score (nSPS) is 15.7. The van der Waals surface area contributed by atoms with Crippen LogP contribution in [-0.4, -0.2) is 38.5 Å². The van der Waals surface area contributed by atoms with Gasteiger partial charge in [0.15, 0.2) is 0 Å². The van der Waals surface area contributed by atoms with E-state index in [1.54, 1.807) is 12.1 Å². The van der Waals surface area contributed by atoms with Gasteiger partial charge in [0.2, 0.25) is 5.78 Å². The summed E-state index contributed by atoms with van der Waals surface area (Å²) in [7, 11) is 0. The number of aromatic nitrogens is 3. The number of piperidine rings is 1. The molecular formula is C22H23FN4. The van der Waals surface area contributed by atoms with E-state index in [1.165, 1.54) is 38.4 Å². The Balaban J connectivity index is 1.61. The van der Waals surface area contributed by atoms with E-state index in [9.17, 15) is 4.39 Å². The monoisotopic (exact) mass is 362 g/mol. The van der Waals surface area contributed by atoms with Crippen LogP contribution in [0.2, 0.25) is 0 Å². The van der Waals surface area contributed by atoms with Crippen molar-refractivity contribution in [2.45, 2.75) is 25.8 Å². The van der Waals surface area contributed by atoms with Crippen molar-refractivity contribution in [3.05, 3.63) is 60.5 Å². The summed E-state index contributed by atoms with van der Waals surface area (Å²) in [6.07, 6.45) is 6.00. The quantitative estimate of drug-likeness (QED) is 0.531. The molecule has 1 fully saturated rings. The maximum absolute atomic E-state index is 13.9. The SMILES string of the molecule is Fc1cccc(-c2cn3c4ccccc4nc3n2CCN2CCCCC2)c1. The van der Waals surface area contributed by atoms with Gasteiger partial charge >= 0.3 is 0 Å². The van der Waals surface area contributed by atoms with Crippen LogP contribution in [0.1, 0.15) is 19.3 Å². The predicted octanol–water partition coefficient (Wildman–Crippen LogP) is 4.58. The molecule has 0 N–H and O–H groups in total. The molecular weight excluding hydrogens is 339 g/mol. The second kappa shape index (κ2) is 6.82. The Morgan fingerprint density at radius 3 is 2.63 bits per heavy atom. The number of hydrogen-bond acceptors (Lipinski definition) is 2. The number of imidazole rings is 2. The average Bonchev–Trinajstić information content (AvgIpc) is 3.23. The zero-order valence-corrected chi connectivity index (χ0v) is 15.3. The van der Waals surface area contributed by atoms with Crippen LogP contribution in [0.5, 0.6) is 0 Å². The second-order valence-electron chi connectivity index (χ2n) is 7.35. The lowest BCUT2D eigenvalue weighted by Crippen LogP contribution is -2.32. The molecule has 4 aromatic rings. The molecule has 0 aliphatic carbocycles. The highest BCUT2D eigenvalue weighted by atomic mass is 19.1. The van der Waals surface area contributed by atoms with Crippen molar-refractivity contribution in [1.82, 2.24) is 18.9 Å². The lowest BCUT2D eigenvalue weighted by molar-refractivity contribution is 0.222. The summed E-state index contributed by atoms with van der Waals surface area (Å²) in [5, 5.41) is 0. The minimum atomic E-state index is -0.209. The van der Waals surface area contributed by atoms with Crippen LogP contribution in [0.15, 0.2) is 54.7 Å². The number of fused-ring (bicyclic) bond motifs is 3. The first kappa shape index (κ1) is 16.5. The fraction of sp³-hybridized carbons (Fsp3) is 0.318. The summed E-state index contributed by atoms with van der Waals surface area (Å²) in [4.78, 5) is 7.39. The van der Waals surface area contributed by atoms with Crippen molar-refractivity contribution in [2.24, 2.45) is 0 Å². The van der Waals surface area contributed by atoms with E-state index in [1.807, 2.05) is 24.3 Å². The van der Waals surface area contributed by atoms with Crippen molar-refractivity contribution in [1.29, 1.82) is 0 Å². The van der Waals surface area contributed by atoms with Crippen molar-refractivity contribution in [2.75, 3.05) is 19.6 Å². The van der Waals surface area contributed by atoms with Crippen molar-refractivity contribution < 1.29 is 4.39 Å². The van der Waals surface area contributed by atoms with Crippen molar-refractivity contribution in [3.8, 4) is 11.3 Å². The minimum Gasteiger partial charge on any atom is -0.308 e. The van der Waals surface area contributed by atoms with Gasteiger partial charge in [0.1, 0.15) is 5.82 Å². The molecule has 1 aliphatic rings. The van der Waals surface area contributed by atoms with Gasteiger partial charge in [-0.2, -0.15) is 0 Å². The third kappa shape index (κ3) is 3.02. The molecule has 0 unspecified atom stereocenters. The first-order chi connectivity index (χ1) is 13.3. The number of benzene rings is 2. The zero-order chi connectivity index (χ0) is 18.2. The van der Waals surface area contributed by atoms with Crippen molar-refractivity contribution in [3.63, 3.8) is 0 Å². The maximum atomic E-state index is 13.9. The molecule has 27 heavy (non-hydrogen) atoms. The lowest BCUT2D eigenvalue weighted by atomic mass is 10.1. The van der Waals surface area contributed by atoms with Crippen molar-refractivity contribution >= 4 is 16.8 Å². The maximum Gasteiger partial charge on any atom is 0.215 e. The largest absolute Gasteiger partial charge is 0.308 e. The Morgan fingerprint density at radius 1 is 0.926 bits per heavy atom. The Labute approximate surface area is 157 Å². The molecule has 138 valence electrons. The Morgan fingerprint density at radius 2 is 1.78 bits per heavy atom. The Kier molecular flexibility index (Phi) is 4.17. The highest BCUT2D eigenvalue weighted by Gasteiger charge is 2.17. The van der Waals surface area contributed by atoms with Crippen LogP contribution < -0.4 is 0 Å². The van der Waals surface area contributed by atoms with Gasteiger partial charge in [0.05, 0.1) is 16.7 Å². The molecule has 5 heteroatoms. The number of hydrogen-bond donors (Lipinski definition) is 0. The zero-order valence-electron chi connectivity index (χ0n) is 15.3. The fourth-order valence-electron chi connectivity index (χ4n) is 4.17. The standard InChI is InChI=1S/C22H23FN4/c23-18-8-6-7-17(15-18)21-16-27-20-10-3-2-9-19(20)24-22(27)26(21)14-13-25-11-4-1-5-12-25/h2-3,6-10,15-16H,1,4-5,11-14H2. The lowest BCUT2D eigenvalue weighted by Gasteiger charge is -2.26. The molecule has 0 radical (unpaired) electrons. The van der Waals surface area contributed by atoms with E-state index in [-0.39, 0.29) is 5.82 Å². The van der Waals surface area contributed by atoms with Gasteiger partial charge in [-0.25, -0.2) is 9.37 Å². The molecule has 1 saturated heterocycles. The first-order valence-electron chi connectivity index (χ1n) is 9.74. The van der Waals surface area contributed by atoms with E-state index in [0.29, 0.717) is 0 Å². The summed E-state index contributed by atoms with van der Waals surface area (Å²) in [6, 6.07) is 15.0. The predicted molar refractivity (Wildman–Crippen MR) is 106 cm³/mol. The van der Waals surface area contributed by atoms with E-state index >= 15 is 0 Å². The number of halogens is 1. The van der Waals surface area contributed by atoms with Gasteiger partial charge in [-0.05, 0) is 50.2 Å². The second-order valence-corrected chi connectivity index (χ2v) is 7.35. The van der Waals surface area contributed by atoms with E-state index in [0.717, 1.165) is 41.2 Å². The molecule has 3 heterocycles. The third-order valence-corrected chi connectivity index (χ3v) is 5.57. The molecule has 0 atom stereocenters. The molecule has 5 rings (SSSR count). The molecule has 1 aliphatic heterocycles. The summed E-state index contributed by atoms with van der Waals surface area (Å²) in [5.74, 6) is 0.714. The Bertz CT molecular complexity index is 1090. The summed E-state index contributed by atoms with van der Waals surface area (Å²) in [6.45, 7) is 4.19. The van der Waals surface area contributed by atoms with E-state index < -0.39 is 0 Å². The molecule has 0 spiro atoms. The summed E-state index contributed by atoms with van der Waals surface area (Å²) in [5.41, 5.74) is 3.98. The Hall–Kier alpha value is -2.66. The molecule has 4 nitrogen and oxygen atoms in total. The van der Waals surface area contributed by atoms with E-state index in [2.05, 4.69) is 26.1 Å². The summed E-state index contributed by atoms with van der Waals surface area (Å²) < 4.78 is 18.2. The van der Waals surface area contributed by atoms with Gasteiger partial charge in [-0.1, -0.05) is 30.7 Å². The van der Waals surface area contributed by atoms with Crippen LogP contribution in [0, 0.1) is 5.82 Å². The fourth-order valence-corrected chi connectivity index (χ4v) is 4.17. The average molecular weight is 362 g/mol. The van der Waals surface area contributed by atoms with Gasteiger partial charge in [-0.15, -0.1) is 0 Å². The van der Waals surface area contributed by atoms with Gasteiger partial charge < -0.3 is 9.47 Å². The molecule has 2 aromatic carbocycles. The smallest absolute Gasteiger partial charge is 0.215 e. The first-order valence-corrected chi connectivity index (χ1v) is 9.74. The van der Waals surface area contributed by atoms with Crippen LogP contribution >= 0.6 is 0 Å².